The van der Waals surface area contributed by atoms with Crippen LogP contribution in [-0.2, 0) is 5.75 Å². The fourth-order valence-corrected chi connectivity index (χ4v) is 2.18. The third kappa shape index (κ3) is 3.57. The molecule has 0 unspecified atom stereocenters. The first-order valence-electron chi connectivity index (χ1n) is 4.77. The lowest BCUT2D eigenvalue weighted by atomic mass is 10.4. The summed E-state index contributed by atoms with van der Waals surface area (Å²) in [7, 11) is 0. The number of pyridine rings is 1. The Balaban J connectivity index is 2.04. The van der Waals surface area contributed by atoms with Crippen LogP contribution in [0.2, 0.25) is 0 Å². The average Bonchev–Trinajstić information content (AvgIpc) is 2.27. The van der Waals surface area contributed by atoms with E-state index in [0.29, 0.717) is 22.5 Å². The Kier molecular flexibility index (Phi) is 3.80. The molecule has 2 rings (SSSR count). The predicted octanol–water partition coefficient (Wildman–Crippen LogP) is 2.09. The highest BCUT2D eigenvalue weighted by molar-refractivity contribution is 9.10. The largest absolute Gasteiger partial charge is 0.383 e. The number of nitrogens with two attached hydrogens (primary N) is 2. The van der Waals surface area contributed by atoms with Gasteiger partial charge in [0.1, 0.15) is 11.6 Å². The van der Waals surface area contributed by atoms with Crippen molar-refractivity contribution in [2.45, 2.75) is 10.9 Å². The van der Waals surface area contributed by atoms with Crippen molar-refractivity contribution in [2.75, 3.05) is 11.5 Å². The fraction of sp³-hybridized carbons (Fsp3) is 0.100. The van der Waals surface area contributed by atoms with Gasteiger partial charge in [-0.25, -0.2) is 9.97 Å². The van der Waals surface area contributed by atoms with E-state index >= 15 is 0 Å². The lowest BCUT2D eigenvalue weighted by Crippen LogP contribution is -1.99. The molecule has 0 saturated heterocycles. The van der Waals surface area contributed by atoms with Crippen LogP contribution >= 0.6 is 27.7 Å². The van der Waals surface area contributed by atoms with Crippen molar-refractivity contribution in [2.24, 2.45) is 0 Å². The van der Waals surface area contributed by atoms with E-state index in [-0.39, 0.29) is 0 Å². The van der Waals surface area contributed by atoms with Gasteiger partial charge in [-0.3, -0.25) is 4.98 Å². The molecule has 0 fully saturated rings. The molecule has 4 N–H and O–H groups in total. The Labute approximate surface area is 111 Å². The number of nitrogen functional groups attached to an aromatic ring is 2. The summed E-state index contributed by atoms with van der Waals surface area (Å²) in [4.78, 5) is 12.4. The van der Waals surface area contributed by atoms with Crippen LogP contribution in [0.4, 0.5) is 11.6 Å². The molecule has 2 aromatic rings. The summed E-state index contributed by atoms with van der Waals surface area (Å²) in [5, 5.41) is 0.562. The van der Waals surface area contributed by atoms with Crippen molar-refractivity contribution in [3.05, 3.63) is 34.6 Å². The van der Waals surface area contributed by atoms with Gasteiger partial charge in [-0.1, -0.05) is 11.8 Å². The molecule has 2 aromatic heterocycles. The smallest absolute Gasteiger partial charge is 0.191 e. The summed E-state index contributed by atoms with van der Waals surface area (Å²) < 4.78 is 0.954. The molecule has 0 aliphatic carbocycles. The second kappa shape index (κ2) is 5.33. The number of nitrogens with zero attached hydrogens (tertiary/aromatic N) is 3. The van der Waals surface area contributed by atoms with Crippen LogP contribution in [0.3, 0.4) is 0 Å². The zero-order chi connectivity index (χ0) is 12.3. The van der Waals surface area contributed by atoms with Gasteiger partial charge in [0.15, 0.2) is 5.16 Å². The molecule has 5 nitrogen and oxygen atoms in total. The van der Waals surface area contributed by atoms with E-state index < -0.39 is 0 Å². The van der Waals surface area contributed by atoms with Crippen LogP contribution in [0.1, 0.15) is 5.69 Å². The molecule has 88 valence electrons. The third-order valence-corrected chi connectivity index (χ3v) is 3.23. The maximum absolute atomic E-state index is 5.58. The molecule has 0 saturated carbocycles. The van der Waals surface area contributed by atoms with E-state index in [1.165, 1.54) is 17.8 Å². The zero-order valence-electron chi connectivity index (χ0n) is 8.80. The Morgan fingerprint density at radius 2 is 1.88 bits per heavy atom. The minimum Gasteiger partial charge on any atom is -0.383 e. The number of rotatable bonds is 3. The quantitative estimate of drug-likeness (QED) is 0.666. The maximum atomic E-state index is 5.58. The van der Waals surface area contributed by atoms with Crippen LogP contribution in [0.25, 0.3) is 0 Å². The van der Waals surface area contributed by atoms with Gasteiger partial charge in [0, 0.05) is 22.5 Å². The topological polar surface area (TPSA) is 90.7 Å². The van der Waals surface area contributed by atoms with Crippen LogP contribution in [0, 0.1) is 0 Å². The van der Waals surface area contributed by atoms with Crippen LogP contribution in [-0.4, -0.2) is 15.0 Å². The van der Waals surface area contributed by atoms with E-state index in [0.717, 1.165) is 10.2 Å². The molecule has 0 bridgehead atoms. The van der Waals surface area contributed by atoms with Crippen molar-refractivity contribution in [3.8, 4) is 0 Å². The Morgan fingerprint density at radius 1 is 1.18 bits per heavy atom. The van der Waals surface area contributed by atoms with Gasteiger partial charge in [0.25, 0.3) is 0 Å². The SMILES string of the molecule is Nc1cc(N)nc(SCc2ccc(Br)cn2)n1. The summed E-state index contributed by atoms with van der Waals surface area (Å²) in [6.07, 6.45) is 1.75. The van der Waals surface area contributed by atoms with Gasteiger partial charge in [0.2, 0.25) is 0 Å². The molecule has 0 spiro atoms. The molecule has 0 amide bonds. The third-order valence-electron chi connectivity index (χ3n) is 1.88. The summed E-state index contributed by atoms with van der Waals surface area (Å²) in [5.41, 5.74) is 12.1. The first-order chi connectivity index (χ1) is 8.13. The summed E-state index contributed by atoms with van der Waals surface area (Å²) in [6, 6.07) is 5.41. The van der Waals surface area contributed by atoms with Crippen molar-refractivity contribution < 1.29 is 0 Å². The van der Waals surface area contributed by atoms with Gasteiger partial charge in [-0.05, 0) is 28.1 Å². The number of anilines is 2. The molecule has 0 aliphatic rings. The Bertz CT molecular complexity index is 496. The molecule has 2 heterocycles. The number of halogens is 1. The van der Waals surface area contributed by atoms with Gasteiger partial charge < -0.3 is 11.5 Å². The average molecular weight is 312 g/mol. The highest BCUT2D eigenvalue weighted by Crippen LogP contribution is 2.20. The molecule has 7 heteroatoms. The Hall–Kier alpha value is -1.34. The second-order valence-corrected chi connectivity index (χ2v) is 5.11. The predicted molar refractivity (Wildman–Crippen MR) is 72.4 cm³/mol. The summed E-state index contributed by atoms with van der Waals surface area (Å²) in [5.74, 6) is 1.43. The van der Waals surface area contributed by atoms with Crippen molar-refractivity contribution in [1.29, 1.82) is 0 Å². The molecule has 0 atom stereocenters. The van der Waals surface area contributed by atoms with Crippen molar-refractivity contribution >= 4 is 39.3 Å². The molecule has 17 heavy (non-hydrogen) atoms. The van der Waals surface area contributed by atoms with E-state index in [1.807, 2.05) is 12.1 Å². The minimum atomic E-state index is 0.378. The van der Waals surface area contributed by atoms with E-state index in [2.05, 4.69) is 30.9 Å². The lowest BCUT2D eigenvalue weighted by molar-refractivity contribution is 0.981. The standard InChI is InChI=1S/C10H10BrN5S/c11-6-1-2-7(14-4-6)5-17-10-15-8(12)3-9(13)16-10/h1-4H,5H2,(H4,12,13,15,16). The van der Waals surface area contributed by atoms with Gasteiger partial charge in [-0.15, -0.1) is 0 Å². The summed E-state index contributed by atoms with van der Waals surface area (Å²) in [6.45, 7) is 0. The lowest BCUT2D eigenvalue weighted by Gasteiger charge is -2.02. The van der Waals surface area contributed by atoms with Gasteiger partial charge in [-0.2, -0.15) is 0 Å². The monoisotopic (exact) mass is 311 g/mol. The van der Waals surface area contributed by atoms with E-state index in [9.17, 15) is 0 Å². The highest BCUT2D eigenvalue weighted by Gasteiger charge is 2.03. The van der Waals surface area contributed by atoms with E-state index in [1.54, 1.807) is 6.20 Å². The number of aromatic nitrogens is 3. The fourth-order valence-electron chi connectivity index (χ4n) is 1.16. The first-order valence-corrected chi connectivity index (χ1v) is 6.54. The Morgan fingerprint density at radius 3 is 2.47 bits per heavy atom. The van der Waals surface area contributed by atoms with Crippen molar-refractivity contribution in [3.63, 3.8) is 0 Å². The number of hydrogen-bond acceptors (Lipinski definition) is 6. The molecular weight excluding hydrogens is 302 g/mol. The highest BCUT2D eigenvalue weighted by atomic mass is 79.9. The van der Waals surface area contributed by atoms with Gasteiger partial charge in [0.05, 0.1) is 5.69 Å². The van der Waals surface area contributed by atoms with E-state index in [4.69, 9.17) is 11.5 Å². The number of thioether (sulfide) groups is 1. The van der Waals surface area contributed by atoms with Crippen LogP contribution in [0.5, 0.6) is 0 Å². The van der Waals surface area contributed by atoms with Crippen LogP contribution < -0.4 is 11.5 Å². The molecular formula is C10H10BrN5S. The van der Waals surface area contributed by atoms with Crippen molar-refractivity contribution in [1.82, 2.24) is 15.0 Å². The minimum absolute atomic E-state index is 0.378. The first kappa shape index (κ1) is 12.1. The van der Waals surface area contributed by atoms with Gasteiger partial charge >= 0.3 is 0 Å². The zero-order valence-corrected chi connectivity index (χ0v) is 11.2. The second-order valence-electron chi connectivity index (χ2n) is 3.26. The normalized spacial score (nSPS) is 10.4. The molecule has 0 aliphatic heterocycles. The summed E-state index contributed by atoms with van der Waals surface area (Å²) >= 11 is 4.78. The number of hydrogen-bond donors (Lipinski definition) is 2. The van der Waals surface area contributed by atoms with Crippen LogP contribution in [0.15, 0.2) is 34.0 Å². The molecule has 0 radical (unpaired) electrons. The maximum Gasteiger partial charge on any atom is 0.191 e. The molecule has 0 aromatic carbocycles.